The third-order valence-electron chi connectivity index (χ3n) is 5.82. The molecule has 0 saturated carbocycles. The standard InChI is InChI=1S/C25H33N3O4S/c1-17(2)11-13-26-25(30)16-23-21-8-6-5-7-20(21)12-14-28(23)33(31,32)24-15-18(3)9-10-22(24)27-19(4)29/h5-10,15,17,23H,11-14,16H2,1-4H3,(H,26,30)(H,27,29)/t23-/m1/s1. The van der Waals surface area contributed by atoms with E-state index in [0.717, 1.165) is 23.1 Å². The van der Waals surface area contributed by atoms with E-state index < -0.39 is 16.1 Å². The van der Waals surface area contributed by atoms with Crippen molar-refractivity contribution in [1.82, 2.24) is 9.62 Å². The lowest BCUT2D eigenvalue weighted by molar-refractivity contribution is -0.122. The second-order valence-corrected chi connectivity index (χ2v) is 10.9. The molecule has 178 valence electrons. The zero-order valence-corrected chi connectivity index (χ0v) is 20.5. The van der Waals surface area contributed by atoms with Crippen LogP contribution in [0.5, 0.6) is 0 Å². The highest BCUT2D eigenvalue weighted by Crippen LogP contribution is 2.38. The van der Waals surface area contributed by atoms with Crippen LogP contribution in [0.25, 0.3) is 0 Å². The van der Waals surface area contributed by atoms with Gasteiger partial charge in [-0.25, -0.2) is 8.42 Å². The summed E-state index contributed by atoms with van der Waals surface area (Å²) in [5.41, 5.74) is 2.91. The van der Waals surface area contributed by atoms with E-state index in [1.165, 1.54) is 11.2 Å². The van der Waals surface area contributed by atoms with E-state index in [2.05, 4.69) is 24.5 Å². The number of rotatable bonds is 8. The second-order valence-electron chi connectivity index (χ2n) is 9.00. The van der Waals surface area contributed by atoms with Gasteiger partial charge in [-0.15, -0.1) is 0 Å². The Labute approximate surface area is 196 Å². The molecule has 2 N–H and O–H groups in total. The van der Waals surface area contributed by atoms with Crippen molar-refractivity contribution in [2.75, 3.05) is 18.4 Å². The molecule has 0 aliphatic carbocycles. The van der Waals surface area contributed by atoms with Crippen LogP contribution in [-0.4, -0.2) is 37.6 Å². The highest BCUT2D eigenvalue weighted by molar-refractivity contribution is 7.89. The lowest BCUT2D eigenvalue weighted by Crippen LogP contribution is -2.42. The molecule has 1 atom stereocenters. The number of anilines is 1. The number of carbonyl (C=O) groups is 2. The molecule has 33 heavy (non-hydrogen) atoms. The first-order valence-corrected chi connectivity index (χ1v) is 12.8. The fourth-order valence-electron chi connectivity index (χ4n) is 4.14. The van der Waals surface area contributed by atoms with Gasteiger partial charge in [-0.05, 0) is 54.5 Å². The summed E-state index contributed by atoms with van der Waals surface area (Å²) in [5.74, 6) is -0.0599. The summed E-state index contributed by atoms with van der Waals surface area (Å²) >= 11 is 0. The van der Waals surface area contributed by atoms with Crippen molar-refractivity contribution in [1.29, 1.82) is 0 Å². The lowest BCUT2D eigenvalue weighted by atomic mass is 9.92. The monoisotopic (exact) mass is 471 g/mol. The molecule has 8 heteroatoms. The summed E-state index contributed by atoms with van der Waals surface area (Å²) in [4.78, 5) is 24.5. The highest BCUT2D eigenvalue weighted by Gasteiger charge is 2.38. The smallest absolute Gasteiger partial charge is 0.245 e. The van der Waals surface area contributed by atoms with Gasteiger partial charge >= 0.3 is 0 Å². The molecule has 7 nitrogen and oxygen atoms in total. The van der Waals surface area contributed by atoms with Crippen molar-refractivity contribution in [3.05, 3.63) is 59.2 Å². The van der Waals surface area contributed by atoms with E-state index in [0.29, 0.717) is 18.9 Å². The van der Waals surface area contributed by atoms with Crippen LogP contribution in [0.4, 0.5) is 5.69 Å². The molecule has 0 fully saturated rings. The van der Waals surface area contributed by atoms with E-state index in [-0.39, 0.29) is 35.4 Å². The zero-order chi connectivity index (χ0) is 24.2. The van der Waals surface area contributed by atoms with Crippen LogP contribution in [0.15, 0.2) is 47.4 Å². The first-order valence-electron chi connectivity index (χ1n) is 11.3. The van der Waals surface area contributed by atoms with Crippen molar-refractivity contribution < 1.29 is 18.0 Å². The van der Waals surface area contributed by atoms with Crippen molar-refractivity contribution in [3.63, 3.8) is 0 Å². The summed E-state index contributed by atoms with van der Waals surface area (Å²) < 4.78 is 29.2. The molecule has 1 heterocycles. The van der Waals surface area contributed by atoms with Crippen LogP contribution in [0.3, 0.4) is 0 Å². The number of aryl methyl sites for hydroxylation is 1. The summed E-state index contributed by atoms with van der Waals surface area (Å²) in [6.45, 7) is 8.15. The summed E-state index contributed by atoms with van der Waals surface area (Å²) in [6.07, 6.45) is 1.45. The Balaban J connectivity index is 1.98. The van der Waals surface area contributed by atoms with Gasteiger partial charge in [-0.3, -0.25) is 9.59 Å². The van der Waals surface area contributed by atoms with Gasteiger partial charge in [0.1, 0.15) is 4.90 Å². The second kappa shape index (κ2) is 10.5. The van der Waals surface area contributed by atoms with Gasteiger partial charge in [0.25, 0.3) is 0 Å². The maximum atomic E-state index is 13.9. The molecular weight excluding hydrogens is 438 g/mol. The number of hydrogen-bond acceptors (Lipinski definition) is 4. The Morgan fingerprint density at radius 2 is 1.88 bits per heavy atom. The molecule has 0 spiro atoms. The number of sulfonamides is 1. The number of amides is 2. The summed E-state index contributed by atoms with van der Waals surface area (Å²) in [7, 11) is -3.99. The Kier molecular flexibility index (Phi) is 7.92. The summed E-state index contributed by atoms with van der Waals surface area (Å²) in [5, 5.41) is 5.57. The molecule has 1 aliphatic heterocycles. The number of carbonyl (C=O) groups excluding carboxylic acids is 2. The normalized spacial score (nSPS) is 16.3. The average Bonchev–Trinajstić information content (AvgIpc) is 2.74. The van der Waals surface area contributed by atoms with Crippen LogP contribution in [0.1, 0.15) is 56.3 Å². The predicted octanol–water partition coefficient (Wildman–Crippen LogP) is 3.79. The number of fused-ring (bicyclic) bond motifs is 1. The van der Waals surface area contributed by atoms with Crippen molar-refractivity contribution in [2.45, 2.75) is 57.9 Å². The molecule has 2 aromatic carbocycles. The molecular formula is C25H33N3O4S. The minimum absolute atomic E-state index is 0.0373. The van der Waals surface area contributed by atoms with Gasteiger partial charge in [0.2, 0.25) is 21.8 Å². The quantitative estimate of drug-likeness (QED) is 0.612. The molecule has 0 radical (unpaired) electrons. The average molecular weight is 472 g/mol. The largest absolute Gasteiger partial charge is 0.356 e. The van der Waals surface area contributed by atoms with Crippen molar-refractivity contribution in [3.8, 4) is 0 Å². The molecule has 3 rings (SSSR count). The molecule has 1 aliphatic rings. The first kappa shape index (κ1) is 24.9. The van der Waals surface area contributed by atoms with Crippen LogP contribution in [0, 0.1) is 12.8 Å². The Bertz CT molecular complexity index is 1130. The molecule has 0 bridgehead atoms. The van der Waals surface area contributed by atoms with Crippen LogP contribution < -0.4 is 10.6 Å². The van der Waals surface area contributed by atoms with Crippen LogP contribution in [0.2, 0.25) is 0 Å². The highest BCUT2D eigenvalue weighted by atomic mass is 32.2. The van der Waals surface area contributed by atoms with Crippen molar-refractivity contribution >= 4 is 27.5 Å². The van der Waals surface area contributed by atoms with Gasteiger partial charge in [0.15, 0.2) is 0 Å². The fraction of sp³-hybridized carbons (Fsp3) is 0.440. The first-order chi connectivity index (χ1) is 15.6. The SMILES string of the molecule is CC(=O)Nc1ccc(C)cc1S(=O)(=O)N1CCc2ccccc2[C@H]1CC(=O)NCCC(C)C. The van der Waals surface area contributed by atoms with E-state index in [1.807, 2.05) is 31.2 Å². The number of nitrogens with one attached hydrogen (secondary N) is 2. The van der Waals surface area contributed by atoms with Gasteiger partial charge in [0.05, 0.1) is 11.7 Å². The minimum atomic E-state index is -3.99. The third kappa shape index (κ3) is 6.00. The van der Waals surface area contributed by atoms with E-state index in [9.17, 15) is 18.0 Å². The third-order valence-corrected chi connectivity index (χ3v) is 7.77. The molecule has 2 aromatic rings. The Hall–Kier alpha value is -2.71. The Morgan fingerprint density at radius 3 is 2.58 bits per heavy atom. The molecule has 0 aromatic heterocycles. The Morgan fingerprint density at radius 1 is 1.15 bits per heavy atom. The van der Waals surface area contributed by atoms with Gasteiger partial charge in [-0.2, -0.15) is 4.31 Å². The number of nitrogens with zero attached hydrogens (tertiary/aromatic N) is 1. The van der Waals surface area contributed by atoms with Crippen LogP contribution in [-0.2, 0) is 26.0 Å². The maximum Gasteiger partial charge on any atom is 0.245 e. The molecule has 0 unspecified atom stereocenters. The van der Waals surface area contributed by atoms with E-state index >= 15 is 0 Å². The van der Waals surface area contributed by atoms with Gasteiger partial charge < -0.3 is 10.6 Å². The van der Waals surface area contributed by atoms with Crippen LogP contribution >= 0.6 is 0 Å². The zero-order valence-electron chi connectivity index (χ0n) is 19.7. The molecule has 2 amide bonds. The molecule has 0 saturated heterocycles. The van der Waals surface area contributed by atoms with Gasteiger partial charge in [-0.1, -0.05) is 44.2 Å². The van der Waals surface area contributed by atoms with Gasteiger partial charge in [0, 0.05) is 26.4 Å². The lowest BCUT2D eigenvalue weighted by Gasteiger charge is -2.36. The van der Waals surface area contributed by atoms with Crippen molar-refractivity contribution in [2.24, 2.45) is 5.92 Å². The number of benzene rings is 2. The predicted molar refractivity (Wildman–Crippen MR) is 129 cm³/mol. The topological polar surface area (TPSA) is 95.6 Å². The summed E-state index contributed by atoms with van der Waals surface area (Å²) in [6, 6.07) is 12.0. The van der Waals surface area contributed by atoms with E-state index in [1.54, 1.807) is 18.2 Å². The number of hydrogen-bond donors (Lipinski definition) is 2. The minimum Gasteiger partial charge on any atom is -0.356 e. The maximum absolute atomic E-state index is 13.9. The fourth-order valence-corrected chi connectivity index (χ4v) is 5.98. The van der Waals surface area contributed by atoms with E-state index in [4.69, 9.17) is 0 Å².